The van der Waals surface area contributed by atoms with Crippen molar-refractivity contribution < 1.29 is 4.74 Å². The molecule has 3 nitrogen and oxygen atoms in total. The lowest BCUT2D eigenvalue weighted by Crippen LogP contribution is -1.93. The highest BCUT2D eigenvalue weighted by Crippen LogP contribution is 2.34. The summed E-state index contributed by atoms with van der Waals surface area (Å²) >= 11 is 11.0. The molecule has 0 atom stereocenters. The van der Waals surface area contributed by atoms with Crippen LogP contribution in [0, 0.1) is 0 Å². The molecule has 0 saturated carbocycles. The lowest BCUT2D eigenvalue weighted by molar-refractivity contribution is 0.417. The Bertz CT molecular complexity index is 775. The Morgan fingerprint density at radius 2 is 2.10 bits per heavy atom. The standard InChI is InChI=1S/C14H10BrClN2OS/c1-19-12-5-2-8(15)6-11(12)18-14-17-10-4-3-9(16)7-13(10)20-14/h2-7H,1H3,(H,17,18). The van der Waals surface area contributed by atoms with E-state index in [2.05, 4.69) is 26.2 Å². The minimum Gasteiger partial charge on any atom is -0.495 e. The molecule has 0 bridgehead atoms. The van der Waals surface area contributed by atoms with Gasteiger partial charge in [-0.05, 0) is 36.4 Å². The van der Waals surface area contributed by atoms with Crippen LogP contribution in [-0.2, 0) is 0 Å². The Balaban J connectivity index is 1.98. The Kier molecular flexibility index (Phi) is 3.83. The molecular weight excluding hydrogens is 360 g/mol. The molecular formula is C14H10BrClN2OS. The summed E-state index contributed by atoms with van der Waals surface area (Å²) in [6.07, 6.45) is 0. The molecule has 0 unspecified atom stereocenters. The number of hydrogen-bond donors (Lipinski definition) is 1. The second kappa shape index (κ2) is 5.60. The third-order valence-corrected chi connectivity index (χ3v) is 4.42. The van der Waals surface area contributed by atoms with E-state index in [-0.39, 0.29) is 0 Å². The van der Waals surface area contributed by atoms with Gasteiger partial charge in [0.2, 0.25) is 0 Å². The molecule has 0 aliphatic rings. The van der Waals surface area contributed by atoms with Gasteiger partial charge in [-0.15, -0.1) is 0 Å². The van der Waals surface area contributed by atoms with Crippen LogP contribution in [-0.4, -0.2) is 12.1 Å². The maximum Gasteiger partial charge on any atom is 0.188 e. The number of benzene rings is 2. The summed E-state index contributed by atoms with van der Waals surface area (Å²) in [5, 5.41) is 4.80. The number of fused-ring (bicyclic) bond motifs is 1. The number of halogens is 2. The number of rotatable bonds is 3. The Labute approximate surface area is 133 Å². The van der Waals surface area contributed by atoms with Gasteiger partial charge in [-0.3, -0.25) is 0 Å². The largest absolute Gasteiger partial charge is 0.495 e. The average molecular weight is 370 g/mol. The molecule has 1 aromatic heterocycles. The van der Waals surface area contributed by atoms with E-state index >= 15 is 0 Å². The highest BCUT2D eigenvalue weighted by molar-refractivity contribution is 9.10. The number of nitrogens with zero attached hydrogens (tertiary/aromatic N) is 1. The molecule has 1 N–H and O–H groups in total. The van der Waals surface area contributed by atoms with Crippen LogP contribution < -0.4 is 10.1 Å². The zero-order chi connectivity index (χ0) is 14.1. The van der Waals surface area contributed by atoms with Crippen LogP contribution in [0.5, 0.6) is 5.75 Å². The highest BCUT2D eigenvalue weighted by Gasteiger charge is 2.08. The predicted molar refractivity (Wildman–Crippen MR) is 88.6 cm³/mol. The van der Waals surface area contributed by atoms with Gasteiger partial charge in [0.1, 0.15) is 5.75 Å². The molecule has 0 saturated heterocycles. The van der Waals surface area contributed by atoms with Gasteiger partial charge in [0.05, 0.1) is 23.0 Å². The summed E-state index contributed by atoms with van der Waals surface area (Å²) in [5.41, 5.74) is 1.79. The minimum absolute atomic E-state index is 0.715. The molecule has 3 rings (SSSR count). The number of ether oxygens (including phenoxy) is 1. The molecule has 3 aromatic rings. The second-order valence-corrected chi connectivity index (χ2v) is 6.48. The van der Waals surface area contributed by atoms with E-state index in [1.54, 1.807) is 18.4 Å². The Morgan fingerprint density at radius 3 is 2.90 bits per heavy atom. The normalized spacial score (nSPS) is 10.8. The summed E-state index contributed by atoms with van der Waals surface area (Å²) in [7, 11) is 1.65. The molecule has 0 aliphatic carbocycles. The number of thiazole rings is 1. The SMILES string of the molecule is COc1ccc(Br)cc1Nc1nc2ccc(Cl)cc2s1. The molecule has 1 heterocycles. The molecule has 6 heteroatoms. The third-order valence-electron chi connectivity index (χ3n) is 2.75. The zero-order valence-electron chi connectivity index (χ0n) is 10.5. The van der Waals surface area contributed by atoms with Gasteiger partial charge in [0.15, 0.2) is 5.13 Å². The van der Waals surface area contributed by atoms with Crippen molar-refractivity contribution in [3.8, 4) is 5.75 Å². The van der Waals surface area contributed by atoms with Crippen molar-refractivity contribution in [2.24, 2.45) is 0 Å². The summed E-state index contributed by atoms with van der Waals surface area (Å²) in [4.78, 5) is 4.53. The van der Waals surface area contributed by atoms with Crippen molar-refractivity contribution in [1.29, 1.82) is 0 Å². The summed E-state index contributed by atoms with van der Waals surface area (Å²) in [6.45, 7) is 0. The molecule has 102 valence electrons. The Morgan fingerprint density at radius 1 is 1.25 bits per heavy atom. The fourth-order valence-electron chi connectivity index (χ4n) is 1.85. The van der Waals surface area contributed by atoms with Crippen molar-refractivity contribution in [1.82, 2.24) is 4.98 Å². The van der Waals surface area contributed by atoms with E-state index in [0.29, 0.717) is 5.02 Å². The number of anilines is 2. The quantitative estimate of drug-likeness (QED) is 0.665. The van der Waals surface area contributed by atoms with Gasteiger partial charge in [-0.25, -0.2) is 4.98 Å². The van der Waals surface area contributed by atoms with Crippen LogP contribution in [0.2, 0.25) is 5.02 Å². The van der Waals surface area contributed by atoms with Crippen molar-refractivity contribution in [2.75, 3.05) is 12.4 Å². The van der Waals surface area contributed by atoms with Crippen molar-refractivity contribution in [3.05, 3.63) is 45.9 Å². The monoisotopic (exact) mass is 368 g/mol. The molecule has 0 amide bonds. The van der Waals surface area contributed by atoms with Crippen molar-refractivity contribution >= 4 is 59.9 Å². The van der Waals surface area contributed by atoms with Gasteiger partial charge >= 0.3 is 0 Å². The molecule has 2 aromatic carbocycles. The highest BCUT2D eigenvalue weighted by atomic mass is 79.9. The van der Waals surface area contributed by atoms with E-state index < -0.39 is 0 Å². The van der Waals surface area contributed by atoms with Gasteiger partial charge in [0.25, 0.3) is 0 Å². The fourth-order valence-corrected chi connectivity index (χ4v) is 3.36. The van der Waals surface area contributed by atoms with Crippen molar-refractivity contribution in [3.63, 3.8) is 0 Å². The average Bonchev–Trinajstić information content (AvgIpc) is 2.80. The zero-order valence-corrected chi connectivity index (χ0v) is 13.6. The Hall–Kier alpha value is -1.30. The summed E-state index contributed by atoms with van der Waals surface area (Å²) < 4.78 is 7.36. The van der Waals surface area contributed by atoms with E-state index in [9.17, 15) is 0 Å². The number of nitrogens with one attached hydrogen (secondary N) is 1. The first-order valence-electron chi connectivity index (χ1n) is 5.82. The summed E-state index contributed by atoms with van der Waals surface area (Å²) in [6, 6.07) is 11.5. The lowest BCUT2D eigenvalue weighted by atomic mass is 10.3. The molecule has 0 fully saturated rings. The van der Waals surface area contributed by atoms with E-state index in [4.69, 9.17) is 16.3 Å². The molecule has 0 aliphatic heterocycles. The van der Waals surface area contributed by atoms with Crippen molar-refractivity contribution in [2.45, 2.75) is 0 Å². The number of methoxy groups -OCH3 is 1. The van der Waals surface area contributed by atoms with Crippen LogP contribution in [0.15, 0.2) is 40.9 Å². The smallest absolute Gasteiger partial charge is 0.188 e. The van der Waals surface area contributed by atoms with E-state index in [1.165, 1.54) is 0 Å². The fraction of sp³-hybridized carbons (Fsp3) is 0.0714. The van der Waals surface area contributed by atoms with E-state index in [0.717, 1.165) is 31.3 Å². The van der Waals surface area contributed by atoms with Gasteiger partial charge < -0.3 is 10.1 Å². The lowest BCUT2D eigenvalue weighted by Gasteiger charge is -2.09. The molecule has 20 heavy (non-hydrogen) atoms. The van der Waals surface area contributed by atoms with Gasteiger partial charge in [-0.2, -0.15) is 0 Å². The topological polar surface area (TPSA) is 34.1 Å². The first kappa shape index (κ1) is 13.7. The minimum atomic E-state index is 0.715. The maximum absolute atomic E-state index is 5.99. The van der Waals surface area contributed by atoms with E-state index in [1.807, 2.05) is 36.4 Å². The molecule has 0 spiro atoms. The molecule has 0 radical (unpaired) electrons. The second-order valence-electron chi connectivity index (χ2n) is 4.10. The van der Waals surface area contributed by atoms with Crippen LogP contribution in [0.1, 0.15) is 0 Å². The van der Waals surface area contributed by atoms with Gasteiger partial charge in [-0.1, -0.05) is 38.9 Å². The first-order chi connectivity index (χ1) is 9.65. The summed E-state index contributed by atoms with van der Waals surface area (Å²) in [5.74, 6) is 0.769. The number of hydrogen-bond acceptors (Lipinski definition) is 4. The number of aromatic nitrogens is 1. The maximum atomic E-state index is 5.99. The first-order valence-corrected chi connectivity index (χ1v) is 7.81. The predicted octanol–water partition coefficient (Wildman–Crippen LogP) is 5.46. The van der Waals surface area contributed by atoms with Crippen LogP contribution in [0.25, 0.3) is 10.2 Å². The van der Waals surface area contributed by atoms with Gasteiger partial charge in [0, 0.05) is 9.50 Å². The van der Waals surface area contributed by atoms with Crippen LogP contribution in [0.3, 0.4) is 0 Å². The van der Waals surface area contributed by atoms with Crippen LogP contribution in [0.4, 0.5) is 10.8 Å². The van der Waals surface area contributed by atoms with Crippen LogP contribution >= 0.6 is 38.9 Å². The third kappa shape index (κ3) is 2.75.